The molecule has 1 aromatic carbocycles. The van der Waals surface area contributed by atoms with E-state index in [1.54, 1.807) is 30.7 Å². The van der Waals surface area contributed by atoms with Gasteiger partial charge in [0.25, 0.3) is 0 Å². The summed E-state index contributed by atoms with van der Waals surface area (Å²) in [6.45, 7) is 4.35. The van der Waals surface area contributed by atoms with E-state index < -0.39 is 0 Å². The van der Waals surface area contributed by atoms with Gasteiger partial charge in [0.1, 0.15) is 11.6 Å². The molecule has 1 aliphatic heterocycles. The smallest absolute Gasteiger partial charge is 0.159 e. The van der Waals surface area contributed by atoms with Crippen molar-refractivity contribution >= 4 is 17.3 Å². The molecule has 3 rings (SSSR count). The molecule has 2 aromatic rings. The van der Waals surface area contributed by atoms with Gasteiger partial charge in [-0.2, -0.15) is 0 Å². The molecule has 0 spiro atoms. The van der Waals surface area contributed by atoms with Crippen LogP contribution in [0.4, 0.5) is 15.9 Å². The monoisotopic (exact) mass is 300 g/mol. The molecule has 0 unspecified atom stereocenters. The van der Waals surface area contributed by atoms with Crippen molar-refractivity contribution in [1.82, 2.24) is 9.97 Å². The number of ketones is 1. The Morgan fingerprint density at radius 2 is 1.86 bits per heavy atom. The van der Waals surface area contributed by atoms with Gasteiger partial charge >= 0.3 is 0 Å². The van der Waals surface area contributed by atoms with Crippen LogP contribution in [-0.4, -0.2) is 41.9 Å². The summed E-state index contributed by atoms with van der Waals surface area (Å²) in [4.78, 5) is 23.8. The third kappa shape index (κ3) is 2.90. The molecule has 1 fully saturated rings. The predicted molar refractivity (Wildman–Crippen MR) is 82.9 cm³/mol. The first-order valence-corrected chi connectivity index (χ1v) is 7.21. The third-order valence-electron chi connectivity index (χ3n) is 3.85. The molecule has 0 saturated carbocycles. The molecule has 2 heterocycles. The lowest BCUT2D eigenvalue weighted by atomic mass is 10.1. The van der Waals surface area contributed by atoms with E-state index in [1.165, 1.54) is 13.0 Å². The Balaban J connectivity index is 1.70. The van der Waals surface area contributed by atoms with Gasteiger partial charge in [-0.3, -0.25) is 9.78 Å². The number of Topliss-reactive ketones (excluding diaryl/α,β-unsaturated/α-hetero) is 1. The Kier molecular flexibility index (Phi) is 4.00. The van der Waals surface area contributed by atoms with Gasteiger partial charge < -0.3 is 9.80 Å². The van der Waals surface area contributed by atoms with Crippen molar-refractivity contribution in [3.8, 4) is 0 Å². The average Bonchev–Trinajstić information content (AvgIpc) is 2.56. The largest absolute Gasteiger partial charge is 0.366 e. The minimum Gasteiger partial charge on any atom is -0.366 e. The molecular weight excluding hydrogens is 283 g/mol. The highest BCUT2D eigenvalue weighted by molar-refractivity contribution is 5.94. The number of hydrogen-bond acceptors (Lipinski definition) is 5. The summed E-state index contributed by atoms with van der Waals surface area (Å²) in [5.41, 5.74) is 0.947. The number of halogens is 1. The summed E-state index contributed by atoms with van der Waals surface area (Å²) in [6.07, 6.45) is 5.05. The summed E-state index contributed by atoms with van der Waals surface area (Å²) >= 11 is 0. The maximum absolute atomic E-state index is 14.2. The van der Waals surface area contributed by atoms with Gasteiger partial charge in [0.2, 0.25) is 0 Å². The molecule has 0 amide bonds. The lowest BCUT2D eigenvalue weighted by molar-refractivity contribution is 0.101. The number of piperazine rings is 1. The summed E-state index contributed by atoms with van der Waals surface area (Å²) < 4.78 is 14.2. The first-order chi connectivity index (χ1) is 10.6. The fourth-order valence-electron chi connectivity index (χ4n) is 2.61. The van der Waals surface area contributed by atoms with Gasteiger partial charge in [-0.1, -0.05) is 0 Å². The Morgan fingerprint density at radius 1 is 1.14 bits per heavy atom. The van der Waals surface area contributed by atoms with Gasteiger partial charge in [0.15, 0.2) is 5.78 Å². The first kappa shape index (κ1) is 14.4. The van der Waals surface area contributed by atoms with E-state index in [-0.39, 0.29) is 11.6 Å². The summed E-state index contributed by atoms with van der Waals surface area (Å²) in [5.74, 6) is 0.369. The Morgan fingerprint density at radius 3 is 2.45 bits per heavy atom. The highest BCUT2D eigenvalue weighted by Gasteiger charge is 2.20. The standard InChI is InChI=1S/C16H17FN4O/c1-12(22)13-2-3-15(14(17)10-13)20-6-8-21(9-7-20)16-11-18-4-5-19-16/h2-5,10-11H,6-9H2,1H3. The van der Waals surface area contributed by atoms with Crippen molar-refractivity contribution in [2.75, 3.05) is 36.0 Å². The number of hydrogen-bond donors (Lipinski definition) is 0. The zero-order valence-electron chi connectivity index (χ0n) is 12.4. The molecule has 0 aliphatic carbocycles. The van der Waals surface area contributed by atoms with Crippen LogP contribution < -0.4 is 9.80 Å². The molecule has 0 radical (unpaired) electrons. The summed E-state index contributed by atoms with van der Waals surface area (Å²) in [6, 6.07) is 4.67. The predicted octanol–water partition coefficient (Wildman–Crippen LogP) is 2.14. The zero-order valence-corrected chi connectivity index (χ0v) is 12.4. The topological polar surface area (TPSA) is 49.3 Å². The molecule has 0 bridgehead atoms. The Hall–Kier alpha value is -2.50. The number of aromatic nitrogens is 2. The minimum atomic E-state index is -0.347. The van der Waals surface area contributed by atoms with Crippen LogP contribution in [0.25, 0.3) is 0 Å². The van der Waals surface area contributed by atoms with Gasteiger partial charge in [0, 0.05) is 44.1 Å². The van der Waals surface area contributed by atoms with Crippen molar-refractivity contribution in [2.24, 2.45) is 0 Å². The Labute approximate surface area is 128 Å². The fraction of sp³-hybridized carbons (Fsp3) is 0.312. The average molecular weight is 300 g/mol. The molecule has 1 aromatic heterocycles. The molecular formula is C16H17FN4O. The van der Waals surface area contributed by atoms with E-state index in [9.17, 15) is 9.18 Å². The molecule has 0 N–H and O–H groups in total. The molecule has 0 atom stereocenters. The number of anilines is 2. The van der Waals surface area contributed by atoms with Crippen molar-refractivity contribution in [2.45, 2.75) is 6.92 Å². The van der Waals surface area contributed by atoms with Crippen molar-refractivity contribution in [3.05, 3.63) is 48.2 Å². The Bertz CT molecular complexity index is 669. The van der Waals surface area contributed by atoms with Gasteiger partial charge in [-0.05, 0) is 25.1 Å². The van der Waals surface area contributed by atoms with Crippen LogP contribution in [0, 0.1) is 5.82 Å². The normalized spacial score (nSPS) is 15.0. The van der Waals surface area contributed by atoms with Crippen LogP contribution in [0.2, 0.25) is 0 Å². The highest BCUT2D eigenvalue weighted by atomic mass is 19.1. The van der Waals surface area contributed by atoms with Crippen LogP contribution in [0.5, 0.6) is 0 Å². The molecule has 1 aliphatic rings. The molecule has 22 heavy (non-hydrogen) atoms. The zero-order chi connectivity index (χ0) is 15.5. The van der Waals surface area contributed by atoms with Gasteiger partial charge in [-0.25, -0.2) is 9.37 Å². The molecule has 6 heteroatoms. The lowest BCUT2D eigenvalue weighted by Crippen LogP contribution is -2.47. The highest BCUT2D eigenvalue weighted by Crippen LogP contribution is 2.23. The fourth-order valence-corrected chi connectivity index (χ4v) is 2.61. The number of rotatable bonds is 3. The lowest BCUT2D eigenvalue weighted by Gasteiger charge is -2.36. The quantitative estimate of drug-likeness (QED) is 0.813. The van der Waals surface area contributed by atoms with Crippen LogP contribution in [-0.2, 0) is 0 Å². The second kappa shape index (κ2) is 6.09. The number of nitrogens with zero attached hydrogens (tertiary/aromatic N) is 4. The van der Waals surface area contributed by atoms with Crippen molar-refractivity contribution < 1.29 is 9.18 Å². The summed E-state index contributed by atoms with van der Waals surface area (Å²) in [7, 11) is 0. The van der Waals surface area contributed by atoms with E-state index in [0.717, 1.165) is 18.9 Å². The van der Waals surface area contributed by atoms with Crippen LogP contribution in [0.1, 0.15) is 17.3 Å². The third-order valence-corrected chi connectivity index (χ3v) is 3.85. The van der Waals surface area contributed by atoms with E-state index in [1.807, 2.05) is 4.90 Å². The van der Waals surface area contributed by atoms with Gasteiger partial charge in [0.05, 0.1) is 11.9 Å². The van der Waals surface area contributed by atoms with Crippen molar-refractivity contribution in [1.29, 1.82) is 0 Å². The van der Waals surface area contributed by atoms with E-state index in [2.05, 4.69) is 14.9 Å². The second-order valence-electron chi connectivity index (χ2n) is 5.26. The van der Waals surface area contributed by atoms with Gasteiger partial charge in [-0.15, -0.1) is 0 Å². The molecule has 5 nitrogen and oxygen atoms in total. The number of benzene rings is 1. The van der Waals surface area contributed by atoms with Crippen molar-refractivity contribution in [3.63, 3.8) is 0 Å². The molecule has 1 saturated heterocycles. The number of carbonyl (C=O) groups is 1. The van der Waals surface area contributed by atoms with Crippen LogP contribution >= 0.6 is 0 Å². The summed E-state index contributed by atoms with van der Waals surface area (Å²) in [5, 5.41) is 0. The van der Waals surface area contributed by atoms with E-state index >= 15 is 0 Å². The van der Waals surface area contributed by atoms with Crippen LogP contribution in [0.3, 0.4) is 0 Å². The number of carbonyl (C=O) groups excluding carboxylic acids is 1. The first-order valence-electron chi connectivity index (χ1n) is 7.21. The second-order valence-corrected chi connectivity index (χ2v) is 5.26. The minimum absolute atomic E-state index is 0.127. The van der Waals surface area contributed by atoms with E-state index in [4.69, 9.17) is 0 Å². The van der Waals surface area contributed by atoms with E-state index in [0.29, 0.717) is 24.3 Å². The molecule has 114 valence electrons. The SMILES string of the molecule is CC(=O)c1ccc(N2CCN(c3cnccn3)CC2)c(F)c1. The maximum Gasteiger partial charge on any atom is 0.159 e. The van der Waals surface area contributed by atoms with Crippen LogP contribution in [0.15, 0.2) is 36.8 Å². The maximum atomic E-state index is 14.2.